The Morgan fingerprint density at radius 2 is 2.00 bits per heavy atom. The molecule has 132 valence electrons. The van der Waals surface area contributed by atoms with E-state index in [2.05, 4.69) is 15.9 Å². The average Bonchev–Trinajstić information content (AvgIpc) is 3.21. The van der Waals surface area contributed by atoms with Gasteiger partial charge in [0.25, 0.3) is 0 Å². The van der Waals surface area contributed by atoms with Crippen molar-refractivity contribution in [1.29, 1.82) is 0 Å². The lowest BCUT2D eigenvalue weighted by molar-refractivity contribution is -0.112. The van der Waals surface area contributed by atoms with E-state index in [0.717, 1.165) is 21.2 Å². The third-order valence-electron chi connectivity index (χ3n) is 3.98. The van der Waals surface area contributed by atoms with Crippen molar-refractivity contribution in [2.24, 2.45) is 0 Å². The molecule has 26 heavy (non-hydrogen) atoms. The van der Waals surface area contributed by atoms with Gasteiger partial charge in [-0.25, -0.2) is 4.79 Å². The quantitative estimate of drug-likeness (QED) is 0.561. The second-order valence-corrected chi connectivity index (χ2v) is 6.69. The Bertz CT molecular complexity index is 905. The van der Waals surface area contributed by atoms with Gasteiger partial charge < -0.3 is 18.6 Å². The van der Waals surface area contributed by atoms with Gasteiger partial charge in [0.15, 0.2) is 0 Å². The van der Waals surface area contributed by atoms with Gasteiger partial charge >= 0.3 is 5.97 Å². The fraction of sp³-hybridized carbons (Fsp3) is 0.150. The number of halogens is 1. The van der Waals surface area contributed by atoms with Crippen molar-refractivity contribution in [2.45, 2.75) is 19.5 Å². The predicted molar refractivity (Wildman–Crippen MR) is 96.6 cm³/mol. The summed E-state index contributed by atoms with van der Waals surface area (Å²) in [4.78, 5) is 12.0. The van der Waals surface area contributed by atoms with Gasteiger partial charge in [0.1, 0.15) is 12.4 Å². The van der Waals surface area contributed by atoms with Gasteiger partial charge in [-0.3, -0.25) is 0 Å². The first-order chi connectivity index (χ1) is 12.7. The number of hydrogen-bond donors (Lipinski definition) is 0. The molecule has 4 rings (SSSR count). The summed E-state index contributed by atoms with van der Waals surface area (Å²) in [5.41, 5.74) is 2.59. The van der Waals surface area contributed by atoms with E-state index in [4.69, 9.17) is 18.6 Å². The molecule has 5 nitrogen and oxygen atoms in total. The molecule has 2 aromatic carbocycles. The Labute approximate surface area is 158 Å². The summed E-state index contributed by atoms with van der Waals surface area (Å²) < 4.78 is 23.2. The average molecular weight is 415 g/mol. The number of hydrogen-bond acceptors (Lipinski definition) is 5. The van der Waals surface area contributed by atoms with Crippen LogP contribution in [0.1, 0.15) is 33.5 Å². The maximum atomic E-state index is 12.0. The fourth-order valence-electron chi connectivity index (χ4n) is 2.77. The molecule has 0 fully saturated rings. The van der Waals surface area contributed by atoms with Crippen LogP contribution in [-0.4, -0.2) is 5.97 Å². The van der Waals surface area contributed by atoms with E-state index in [1.54, 1.807) is 12.1 Å². The Morgan fingerprint density at radius 1 is 1.15 bits per heavy atom. The molecule has 1 aromatic heterocycles. The monoisotopic (exact) mass is 414 g/mol. The van der Waals surface area contributed by atoms with E-state index in [1.165, 1.54) is 6.26 Å². The maximum absolute atomic E-state index is 12.0. The van der Waals surface area contributed by atoms with Gasteiger partial charge in [0, 0.05) is 21.2 Å². The van der Waals surface area contributed by atoms with E-state index in [9.17, 15) is 4.79 Å². The maximum Gasteiger partial charge on any atom is 0.374 e. The lowest BCUT2D eigenvalue weighted by Gasteiger charge is -2.28. The molecule has 0 saturated heterocycles. The zero-order chi connectivity index (χ0) is 17.9. The van der Waals surface area contributed by atoms with Crippen molar-refractivity contribution in [2.75, 3.05) is 0 Å². The van der Waals surface area contributed by atoms with Gasteiger partial charge in [0.2, 0.25) is 12.1 Å². The summed E-state index contributed by atoms with van der Waals surface area (Å²) >= 11 is 3.48. The molecule has 0 bridgehead atoms. The molecule has 3 aromatic rings. The van der Waals surface area contributed by atoms with E-state index in [1.807, 2.05) is 42.5 Å². The fourth-order valence-corrected chi connectivity index (χ4v) is 3.32. The van der Waals surface area contributed by atoms with Crippen LogP contribution in [0.25, 0.3) is 0 Å². The standard InChI is InChI=1S/C20H15BrO5/c21-16-9-14(11-24-19(22)17-7-4-8-23-17)18-15(10-16)12-25-20(26-18)13-5-2-1-3-6-13/h1-10,20H,11-12H2/t20-/m0/s1. The highest BCUT2D eigenvalue weighted by atomic mass is 79.9. The van der Waals surface area contributed by atoms with Crippen molar-refractivity contribution in [3.8, 4) is 5.75 Å². The summed E-state index contributed by atoms with van der Waals surface area (Å²) in [5, 5.41) is 0. The third kappa shape index (κ3) is 3.52. The van der Waals surface area contributed by atoms with Crippen LogP contribution in [0, 0.1) is 0 Å². The smallest absolute Gasteiger partial charge is 0.374 e. The first-order valence-corrected chi connectivity index (χ1v) is 8.85. The van der Waals surface area contributed by atoms with Crippen LogP contribution in [0.3, 0.4) is 0 Å². The van der Waals surface area contributed by atoms with Crippen LogP contribution in [0.5, 0.6) is 5.75 Å². The minimum Gasteiger partial charge on any atom is -0.460 e. The zero-order valence-electron chi connectivity index (χ0n) is 13.7. The van der Waals surface area contributed by atoms with Gasteiger partial charge in [0.05, 0.1) is 12.9 Å². The van der Waals surface area contributed by atoms with Crippen LogP contribution in [0.4, 0.5) is 0 Å². The molecule has 2 heterocycles. The highest BCUT2D eigenvalue weighted by Crippen LogP contribution is 2.38. The first-order valence-electron chi connectivity index (χ1n) is 8.06. The van der Waals surface area contributed by atoms with Crippen LogP contribution in [0.2, 0.25) is 0 Å². The summed E-state index contributed by atoms with van der Waals surface area (Å²) in [6.07, 6.45) is 0.937. The van der Waals surface area contributed by atoms with E-state index < -0.39 is 12.3 Å². The molecule has 0 amide bonds. The van der Waals surface area contributed by atoms with Crippen molar-refractivity contribution in [3.63, 3.8) is 0 Å². The highest BCUT2D eigenvalue weighted by Gasteiger charge is 2.25. The van der Waals surface area contributed by atoms with E-state index in [0.29, 0.717) is 12.4 Å². The van der Waals surface area contributed by atoms with E-state index >= 15 is 0 Å². The number of carbonyl (C=O) groups is 1. The molecule has 6 heteroatoms. The lowest BCUT2D eigenvalue weighted by Crippen LogP contribution is -2.19. The number of fused-ring (bicyclic) bond motifs is 1. The first kappa shape index (κ1) is 16.9. The Kier molecular flexibility index (Phi) is 4.77. The number of benzene rings is 2. The predicted octanol–water partition coefficient (Wildman–Crippen LogP) is 5.01. The molecule has 0 radical (unpaired) electrons. The highest BCUT2D eigenvalue weighted by molar-refractivity contribution is 9.10. The molecule has 1 aliphatic heterocycles. The summed E-state index contributed by atoms with van der Waals surface area (Å²) in [7, 11) is 0. The number of carbonyl (C=O) groups excluding carboxylic acids is 1. The summed E-state index contributed by atoms with van der Waals surface area (Å²) in [5.74, 6) is 0.330. The molecule has 0 spiro atoms. The summed E-state index contributed by atoms with van der Waals surface area (Å²) in [6.45, 7) is 0.482. The van der Waals surface area contributed by atoms with Crippen molar-refractivity contribution >= 4 is 21.9 Å². The van der Waals surface area contributed by atoms with Gasteiger partial charge in [-0.2, -0.15) is 0 Å². The second-order valence-electron chi connectivity index (χ2n) is 5.78. The van der Waals surface area contributed by atoms with Gasteiger partial charge in [-0.1, -0.05) is 46.3 Å². The molecular formula is C20H15BrO5. The van der Waals surface area contributed by atoms with Crippen LogP contribution in [-0.2, 0) is 22.7 Å². The molecular weight excluding hydrogens is 400 g/mol. The SMILES string of the molecule is O=C(OCc1cc(Br)cc2c1O[C@@H](c1ccccc1)OC2)c1ccco1. The molecule has 0 aliphatic carbocycles. The van der Waals surface area contributed by atoms with Crippen LogP contribution < -0.4 is 4.74 Å². The topological polar surface area (TPSA) is 57.9 Å². The minimum absolute atomic E-state index is 0.0722. The van der Waals surface area contributed by atoms with Gasteiger partial charge in [-0.05, 0) is 24.3 Å². The van der Waals surface area contributed by atoms with E-state index in [-0.39, 0.29) is 12.4 Å². The van der Waals surface area contributed by atoms with Crippen molar-refractivity contribution < 1.29 is 23.4 Å². The largest absolute Gasteiger partial charge is 0.460 e. The Balaban J connectivity index is 1.56. The molecule has 0 saturated carbocycles. The summed E-state index contributed by atoms with van der Waals surface area (Å²) in [6, 6.07) is 16.7. The zero-order valence-corrected chi connectivity index (χ0v) is 15.3. The number of rotatable bonds is 4. The Hall–Kier alpha value is -2.57. The van der Waals surface area contributed by atoms with Crippen LogP contribution in [0.15, 0.2) is 69.8 Å². The number of furan rings is 1. The third-order valence-corrected chi connectivity index (χ3v) is 4.43. The molecule has 0 unspecified atom stereocenters. The molecule has 1 atom stereocenters. The van der Waals surface area contributed by atoms with Crippen molar-refractivity contribution in [3.05, 3.63) is 87.8 Å². The van der Waals surface area contributed by atoms with Crippen LogP contribution >= 0.6 is 15.9 Å². The lowest BCUT2D eigenvalue weighted by atomic mass is 10.1. The molecule has 1 aliphatic rings. The number of ether oxygens (including phenoxy) is 3. The Morgan fingerprint density at radius 3 is 2.77 bits per heavy atom. The number of esters is 1. The molecule has 0 N–H and O–H groups in total. The van der Waals surface area contributed by atoms with Gasteiger partial charge in [-0.15, -0.1) is 0 Å². The van der Waals surface area contributed by atoms with Crippen molar-refractivity contribution in [1.82, 2.24) is 0 Å². The minimum atomic E-state index is -0.518. The normalized spacial score (nSPS) is 15.8. The second kappa shape index (κ2) is 7.35.